The third kappa shape index (κ3) is 5.11. The normalized spacial score (nSPS) is 18.8. The van der Waals surface area contributed by atoms with Gasteiger partial charge in [-0.3, -0.25) is 9.69 Å². The highest BCUT2D eigenvalue weighted by atomic mass is 16.5. The van der Waals surface area contributed by atoms with Gasteiger partial charge in [-0.25, -0.2) is 0 Å². The van der Waals surface area contributed by atoms with Gasteiger partial charge in [-0.15, -0.1) is 0 Å². The Bertz CT molecular complexity index is 470. The lowest BCUT2D eigenvalue weighted by Gasteiger charge is -2.17. The Morgan fingerprint density at radius 1 is 1.36 bits per heavy atom. The second-order valence-electron chi connectivity index (χ2n) is 6.48. The van der Waals surface area contributed by atoms with Crippen LogP contribution in [-0.2, 0) is 11.3 Å². The highest BCUT2D eigenvalue weighted by Gasteiger charge is 2.22. The van der Waals surface area contributed by atoms with Crippen molar-refractivity contribution < 1.29 is 9.53 Å². The van der Waals surface area contributed by atoms with Crippen LogP contribution in [0.3, 0.4) is 0 Å². The van der Waals surface area contributed by atoms with Gasteiger partial charge in [-0.2, -0.15) is 0 Å². The molecule has 1 aliphatic heterocycles. The van der Waals surface area contributed by atoms with Gasteiger partial charge in [-0.1, -0.05) is 26.0 Å². The molecule has 122 valence electrons. The Morgan fingerprint density at radius 3 is 2.73 bits per heavy atom. The number of amides is 1. The molecule has 1 atom stereocenters. The van der Waals surface area contributed by atoms with Gasteiger partial charge in [0.15, 0.2) is 0 Å². The van der Waals surface area contributed by atoms with E-state index in [0.717, 1.165) is 39.1 Å². The van der Waals surface area contributed by atoms with Crippen LogP contribution >= 0.6 is 0 Å². The van der Waals surface area contributed by atoms with Crippen molar-refractivity contribution in [1.82, 2.24) is 10.2 Å². The number of benzene rings is 1. The van der Waals surface area contributed by atoms with Gasteiger partial charge >= 0.3 is 0 Å². The molecule has 0 radical (unpaired) electrons. The molecule has 4 nitrogen and oxygen atoms in total. The summed E-state index contributed by atoms with van der Waals surface area (Å²) in [5.41, 5.74) is 1.96. The van der Waals surface area contributed by atoms with E-state index >= 15 is 0 Å². The molecule has 1 N–H and O–H groups in total. The lowest BCUT2D eigenvalue weighted by atomic mass is 10.1. The van der Waals surface area contributed by atoms with E-state index in [1.807, 2.05) is 24.3 Å². The maximum Gasteiger partial charge on any atom is 0.251 e. The van der Waals surface area contributed by atoms with E-state index in [9.17, 15) is 4.79 Å². The monoisotopic (exact) mass is 304 g/mol. The number of nitrogens with one attached hydrogen (secondary N) is 1. The molecule has 0 bridgehead atoms. The molecule has 1 aliphatic rings. The average Bonchev–Trinajstić information content (AvgIpc) is 2.94. The molecular weight excluding hydrogens is 276 g/mol. The molecule has 0 aliphatic carbocycles. The number of carbonyl (C=O) groups excluding carboxylic acids is 1. The van der Waals surface area contributed by atoms with Gasteiger partial charge in [0.1, 0.15) is 0 Å². The summed E-state index contributed by atoms with van der Waals surface area (Å²) in [5.74, 6) is 0.669. The van der Waals surface area contributed by atoms with Crippen molar-refractivity contribution in [3.63, 3.8) is 0 Å². The summed E-state index contributed by atoms with van der Waals surface area (Å²) in [7, 11) is 1.65. The minimum Gasteiger partial charge on any atom is -0.377 e. The van der Waals surface area contributed by atoms with Crippen molar-refractivity contribution in [2.45, 2.75) is 39.3 Å². The van der Waals surface area contributed by atoms with E-state index in [1.165, 1.54) is 5.56 Å². The summed E-state index contributed by atoms with van der Waals surface area (Å²) in [5, 5.41) is 2.64. The Labute approximate surface area is 133 Å². The smallest absolute Gasteiger partial charge is 0.251 e. The van der Waals surface area contributed by atoms with Crippen molar-refractivity contribution in [2.75, 3.05) is 26.7 Å². The minimum absolute atomic E-state index is 0.0358. The molecule has 1 amide bonds. The van der Waals surface area contributed by atoms with E-state index in [-0.39, 0.29) is 5.91 Å². The molecule has 1 aromatic carbocycles. The summed E-state index contributed by atoms with van der Waals surface area (Å²) in [6.45, 7) is 8.35. The van der Waals surface area contributed by atoms with Crippen molar-refractivity contribution >= 4 is 5.91 Å². The number of ether oxygens (including phenoxy) is 1. The number of nitrogens with zero attached hydrogens (tertiary/aromatic N) is 1. The highest BCUT2D eigenvalue weighted by Crippen LogP contribution is 2.17. The maximum absolute atomic E-state index is 11.5. The number of hydrogen-bond acceptors (Lipinski definition) is 3. The standard InChI is InChI=1S/C18H28N2O2/c1-14(2)9-11-22-17-8-10-20(13-17)12-15-4-6-16(7-5-15)18(21)19-3/h4-7,14,17H,8-13H2,1-3H3,(H,19,21)/t17-/m1/s1. The number of hydrogen-bond donors (Lipinski definition) is 1. The molecule has 0 saturated carbocycles. The summed E-state index contributed by atoms with van der Waals surface area (Å²) in [6, 6.07) is 7.86. The van der Waals surface area contributed by atoms with E-state index < -0.39 is 0 Å². The molecule has 0 aromatic heterocycles. The lowest BCUT2D eigenvalue weighted by Crippen LogP contribution is -2.23. The van der Waals surface area contributed by atoms with E-state index in [2.05, 4.69) is 24.1 Å². The van der Waals surface area contributed by atoms with Crippen molar-refractivity contribution in [3.05, 3.63) is 35.4 Å². The van der Waals surface area contributed by atoms with E-state index in [1.54, 1.807) is 7.05 Å². The zero-order chi connectivity index (χ0) is 15.9. The van der Waals surface area contributed by atoms with Gasteiger partial charge < -0.3 is 10.1 Å². The van der Waals surface area contributed by atoms with Gasteiger partial charge in [0, 0.05) is 38.9 Å². The van der Waals surface area contributed by atoms with Gasteiger partial charge in [0.2, 0.25) is 0 Å². The van der Waals surface area contributed by atoms with E-state index in [4.69, 9.17) is 4.74 Å². The molecular formula is C18H28N2O2. The molecule has 1 heterocycles. The van der Waals surface area contributed by atoms with Crippen LogP contribution in [0.2, 0.25) is 0 Å². The van der Waals surface area contributed by atoms with Gasteiger partial charge in [0.25, 0.3) is 5.91 Å². The fourth-order valence-corrected chi connectivity index (χ4v) is 2.71. The SMILES string of the molecule is CNC(=O)c1ccc(CN2CC[C@@H](OCCC(C)C)C2)cc1. The summed E-state index contributed by atoms with van der Waals surface area (Å²) in [4.78, 5) is 13.9. The van der Waals surface area contributed by atoms with Crippen LogP contribution in [0.15, 0.2) is 24.3 Å². The summed E-state index contributed by atoms with van der Waals surface area (Å²) < 4.78 is 5.95. The Hall–Kier alpha value is -1.39. The maximum atomic E-state index is 11.5. The topological polar surface area (TPSA) is 41.6 Å². The van der Waals surface area contributed by atoms with Crippen LogP contribution in [0, 0.1) is 5.92 Å². The predicted octanol–water partition coefficient (Wildman–Crippen LogP) is 2.68. The van der Waals surface area contributed by atoms with Crippen molar-refractivity contribution in [1.29, 1.82) is 0 Å². The lowest BCUT2D eigenvalue weighted by molar-refractivity contribution is 0.0518. The molecule has 1 saturated heterocycles. The number of carbonyl (C=O) groups is 1. The molecule has 2 rings (SSSR count). The number of likely N-dealkylation sites (tertiary alicyclic amines) is 1. The van der Waals surface area contributed by atoms with Crippen LogP contribution in [-0.4, -0.2) is 43.7 Å². The average molecular weight is 304 g/mol. The first-order valence-corrected chi connectivity index (χ1v) is 8.23. The first-order chi connectivity index (χ1) is 10.6. The fourth-order valence-electron chi connectivity index (χ4n) is 2.71. The van der Waals surface area contributed by atoms with Crippen LogP contribution in [0.1, 0.15) is 42.6 Å². The molecule has 22 heavy (non-hydrogen) atoms. The third-order valence-electron chi connectivity index (χ3n) is 4.13. The Morgan fingerprint density at radius 2 is 2.09 bits per heavy atom. The van der Waals surface area contributed by atoms with Crippen molar-refractivity contribution in [2.24, 2.45) is 5.92 Å². The van der Waals surface area contributed by atoms with Crippen LogP contribution in [0.4, 0.5) is 0 Å². The second-order valence-corrected chi connectivity index (χ2v) is 6.48. The molecule has 1 aromatic rings. The Balaban J connectivity index is 1.76. The van der Waals surface area contributed by atoms with Crippen LogP contribution in [0.25, 0.3) is 0 Å². The summed E-state index contributed by atoms with van der Waals surface area (Å²) >= 11 is 0. The Kier molecular flexibility index (Phi) is 6.40. The van der Waals surface area contributed by atoms with Crippen LogP contribution < -0.4 is 5.32 Å². The van der Waals surface area contributed by atoms with Gasteiger partial charge in [-0.05, 0) is 36.5 Å². The molecule has 0 spiro atoms. The van der Waals surface area contributed by atoms with Crippen molar-refractivity contribution in [3.8, 4) is 0 Å². The first-order valence-electron chi connectivity index (χ1n) is 8.23. The molecule has 0 unspecified atom stereocenters. The molecule has 1 fully saturated rings. The summed E-state index contributed by atoms with van der Waals surface area (Å²) in [6.07, 6.45) is 2.63. The zero-order valence-corrected chi connectivity index (χ0v) is 14.0. The quantitative estimate of drug-likeness (QED) is 0.842. The van der Waals surface area contributed by atoms with Crippen LogP contribution in [0.5, 0.6) is 0 Å². The highest BCUT2D eigenvalue weighted by molar-refractivity contribution is 5.93. The largest absolute Gasteiger partial charge is 0.377 e. The second kappa shape index (κ2) is 8.30. The van der Waals surface area contributed by atoms with E-state index in [0.29, 0.717) is 17.6 Å². The zero-order valence-electron chi connectivity index (χ0n) is 14.0. The molecule has 4 heteroatoms. The predicted molar refractivity (Wildman–Crippen MR) is 88.9 cm³/mol. The van der Waals surface area contributed by atoms with Gasteiger partial charge in [0.05, 0.1) is 6.10 Å². The number of rotatable bonds is 7. The fraction of sp³-hybridized carbons (Fsp3) is 0.611. The minimum atomic E-state index is -0.0358. The third-order valence-corrected chi connectivity index (χ3v) is 4.13. The first kappa shape index (κ1) is 17.0.